The zero-order valence-corrected chi connectivity index (χ0v) is 18.1. The third-order valence-electron chi connectivity index (χ3n) is 3.94. The molecule has 0 saturated carbocycles. The van der Waals surface area contributed by atoms with Crippen molar-refractivity contribution in [2.45, 2.75) is 13.5 Å². The van der Waals surface area contributed by atoms with Gasteiger partial charge in [-0.05, 0) is 24.4 Å². The number of aryl methyl sites for hydroxylation is 1. The van der Waals surface area contributed by atoms with E-state index in [9.17, 15) is 15.3 Å². The minimum absolute atomic E-state index is 0. The van der Waals surface area contributed by atoms with Crippen LogP contribution in [0, 0.1) is 6.92 Å². The fourth-order valence-electron chi connectivity index (χ4n) is 2.63. The Morgan fingerprint density at radius 1 is 0.871 bits per heavy atom. The van der Waals surface area contributed by atoms with Crippen LogP contribution < -0.4 is 0 Å². The van der Waals surface area contributed by atoms with Gasteiger partial charge < -0.3 is 15.3 Å². The molecule has 3 rings (SSSR count). The molecule has 0 saturated heterocycles. The molecule has 0 aromatic heterocycles. The van der Waals surface area contributed by atoms with Crippen molar-refractivity contribution >= 4 is 38.4 Å². The van der Waals surface area contributed by atoms with Crippen molar-refractivity contribution in [1.82, 2.24) is 0 Å². The number of hydrogen-bond donors (Lipinski definition) is 3. The van der Waals surface area contributed by atoms with E-state index < -0.39 is 10.6 Å². The smallest absolute Gasteiger partial charge is 0.425 e. The molecule has 0 bridgehead atoms. The van der Waals surface area contributed by atoms with Crippen LogP contribution in [0.2, 0.25) is 0 Å². The predicted octanol–water partition coefficient (Wildman–Crippen LogP) is 4.17. The number of nitrogens with zero attached hydrogens (tertiary/aromatic N) is 4. The van der Waals surface area contributed by atoms with Crippen LogP contribution in [0.5, 0.6) is 11.5 Å². The van der Waals surface area contributed by atoms with Crippen LogP contribution in [0.1, 0.15) is 11.1 Å². The molecule has 3 aromatic rings. The Morgan fingerprint density at radius 3 is 2.13 bits per heavy atom. The maximum absolute atomic E-state index is 10.4. The molecule has 10 nitrogen and oxygen atoms in total. The van der Waals surface area contributed by atoms with Crippen LogP contribution >= 0.6 is 0 Å². The summed E-state index contributed by atoms with van der Waals surface area (Å²) < 4.78 is 25.3. The van der Waals surface area contributed by atoms with Gasteiger partial charge in [-0.25, -0.2) is 0 Å². The number of aliphatic hydroxyl groups excluding tert-OH is 1. The van der Waals surface area contributed by atoms with Gasteiger partial charge in [0, 0.05) is 41.1 Å². The molecular formula is C19H18CuN4O6S. The Balaban J connectivity index is 0.000000885. The predicted molar refractivity (Wildman–Crippen MR) is 109 cm³/mol. The minimum atomic E-state index is -3.11. The summed E-state index contributed by atoms with van der Waals surface area (Å²) in [6.45, 7) is 1.70. The average Bonchev–Trinajstić information content (AvgIpc) is 2.68. The first-order chi connectivity index (χ1) is 14.3. The van der Waals surface area contributed by atoms with Gasteiger partial charge >= 0.3 is 10.6 Å². The molecule has 0 amide bonds. The van der Waals surface area contributed by atoms with E-state index in [0.717, 1.165) is 10.9 Å². The van der Waals surface area contributed by atoms with E-state index in [4.69, 9.17) is 12.6 Å². The van der Waals surface area contributed by atoms with Crippen LogP contribution in [0.3, 0.4) is 0 Å². The third kappa shape index (κ3) is 6.93. The molecule has 0 unspecified atom stereocenters. The van der Waals surface area contributed by atoms with Crippen LogP contribution in [-0.2, 0) is 34.3 Å². The quantitative estimate of drug-likeness (QED) is 0.365. The van der Waals surface area contributed by atoms with Gasteiger partial charge in [0.1, 0.15) is 17.1 Å². The zero-order chi connectivity index (χ0) is 22.3. The summed E-state index contributed by atoms with van der Waals surface area (Å²) in [5, 5.41) is 47.0. The number of hydrogen-bond acceptors (Lipinski definition) is 10. The Labute approximate surface area is 189 Å². The first-order valence-corrected chi connectivity index (χ1v) is 9.44. The molecule has 3 N–H and O–H groups in total. The molecule has 0 fully saturated rings. The Bertz CT molecular complexity index is 1240. The van der Waals surface area contributed by atoms with Crippen molar-refractivity contribution in [3.8, 4) is 11.5 Å². The summed E-state index contributed by atoms with van der Waals surface area (Å²) in [6.07, 6.45) is 0. The van der Waals surface area contributed by atoms with Crippen LogP contribution in [0.25, 0.3) is 10.8 Å². The van der Waals surface area contributed by atoms with Crippen LogP contribution in [-0.4, -0.2) is 35.0 Å². The molecule has 12 heteroatoms. The van der Waals surface area contributed by atoms with Crippen molar-refractivity contribution < 1.29 is 45.0 Å². The van der Waals surface area contributed by atoms with Crippen molar-refractivity contribution in [1.29, 1.82) is 0 Å². The third-order valence-corrected chi connectivity index (χ3v) is 3.94. The minimum Gasteiger partial charge on any atom is -0.506 e. The maximum atomic E-state index is 10.4. The van der Waals surface area contributed by atoms with Gasteiger partial charge in [0.05, 0.1) is 12.3 Å². The summed E-state index contributed by atoms with van der Waals surface area (Å²) in [5.41, 5.74) is 2.35. The van der Waals surface area contributed by atoms with E-state index in [1.54, 1.807) is 6.07 Å². The SMILES string of the molecule is CN=Nc1cc(O)c(N=Nc2ccc3cc(C)ccc3c2O)cc1CO.O=S(=O)=O.[Cu]. The second-order valence-corrected chi connectivity index (χ2v) is 6.40. The van der Waals surface area contributed by atoms with E-state index in [1.165, 1.54) is 19.2 Å². The van der Waals surface area contributed by atoms with E-state index in [-0.39, 0.29) is 46.5 Å². The second-order valence-electron chi connectivity index (χ2n) is 5.99. The molecule has 1 radical (unpaired) electrons. The summed E-state index contributed by atoms with van der Waals surface area (Å²) in [7, 11) is -1.62. The largest absolute Gasteiger partial charge is 0.506 e. The number of rotatable bonds is 4. The van der Waals surface area contributed by atoms with Crippen molar-refractivity contribution in [2.75, 3.05) is 7.05 Å². The number of benzene rings is 3. The fourth-order valence-corrected chi connectivity index (χ4v) is 2.63. The van der Waals surface area contributed by atoms with Crippen LogP contribution in [0.4, 0.5) is 17.1 Å². The monoisotopic (exact) mass is 493 g/mol. The molecular weight excluding hydrogens is 476 g/mol. The summed E-state index contributed by atoms with van der Waals surface area (Å²) in [4.78, 5) is 0. The Morgan fingerprint density at radius 2 is 1.52 bits per heavy atom. The molecule has 0 aliphatic heterocycles. The van der Waals surface area contributed by atoms with Gasteiger partial charge in [-0.15, -0.1) is 22.9 Å². The van der Waals surface area contributed by atoms with Gasteiger partial charge in [0.15, 0.2) is 5.75 Å². The molecule has 0 spiro atoms. The van der Waals surface area contributed by atoms with Gasteiger partial charge in [0.25, 0.3) is 0 Å². The second kappa shape index (κ2) is 11.9. The number of aromatic hydroxyl groups is 2. The molecule has 167 valence electrons. The summed E-state index contributed by atoms with van der Waals surface area (Å²) in [5.74, 6) is -0.131. The number of fused-ring (bicyclic) bond motifs is 1. The molecule has 0 aliphatic rings. The number of phenols is 2. The first-order valence-electron chi connectivity index (χ1n) is 8.44. The van der Waals surface area contributed by atoms with Gasteiger partial charge in [0.2, 0.25) is 0 Å². The van der Waals surface area contributed by atoms with E-state index in [2.05, 4.69) is 20.5 Å². The van der Waals surface area contributed by atoms with Crippen molar-refractivity contribution in [3.05, 3.63) is 53.6 Å². The summed E-state index contributed by atoms with van der Waals surface area (Å²) in [6, 6.07) is 12.0. The topological polar surface area (TPSA) is 161 Å². The van der Waals surface area contributed by atoms with Gasteiger partial charge in [-0.3, -0.25) is 0 Å². The van der Waals surface area contributed by atoms with Crippen molar-refractivity contribution in [3.63, 3.8) is 0 Å². The fraction of sp³-hybridized carbons (Fsp3) is 0.158. The first kappa shape index (κ1) is 25.9. The summed E-state index contributed by atoms with van der Waals surface area (Å²) >= 11 is 0. The molecule has 3 aromatic carbocycles. The Hall–Kier alpha value is -3.18. The Kier molecular flexibility index (Phi) is 9.90. The number of azo groups is 2. The average molecular weight is 494 g/mol. The molecule has 31 heavy (non-hydrogen) atoms. The standard InChI is InChI=1S/C19H18N4O3.Cu.O3S/c1-11-3-5-14-12(7-11)4-6-15(19(14)26)22-23-17-8-13(10-24)16(21-20-2)9-18(17)25;;1-4(2)3/h3-9,24-26H,10H2,1-2H3;;. The van der Waals surface area contributed by atoms with Crippen molar-refractivity contribution in [2.24, 2.45) is 20.5 Å². The molecule has 0 atom stereocenters. The van der Waals surface area contributed by atoms with Gasteiger partial charge in [-0.1, -0.05) is 29.8 Å². The van der Waals surface area contributed by atoms with E-state index >= 15 is 0 Å². The molecule has 0 heterocycles. The number of phenolic OH excluding ortho intramolecular Hbond substituents is 2. The number of aliphatic hydroxyl groups is 1. The van der Waals surface area contributed by atoms with Gasteiger partial charge in [-0.2, -0.15) is 10.2 Å². The molecule has 0 aliphatic carbocycles. The van der Waals surface area contributed by atoms with E-state index in [1.807, 2.05) is 31.2 Å². The van der Waals surface area contributed by atoms with E-state index in [0.29, 0.717) is 16.6 Å². The maximum Gasteiger partial charge on any atom is 0.425 e. The zero-order valence-electron chi connectivity index (χ0n) is 16.3. The van der Waals surface area contributed by atoms with Crippen LogP contribution in [0.15, 0.2) is 62.9 Å². The normalized spacial score (nSPS) is 10.7.